The molecular weight excluding hydrogens is 531 g/mol. The Morgan fingerprint density at radius 2 is 1.86 bits per heavy atom. The third-order valence-corrected chi connectivity index (χ3v) is 6.93. The molecule has 0 radical (unpaired) electrons. The molecule has 3 aromatic rings. The molecule has 2 aromatic carbocycles. The van der Waals surface area contributed by atoms with E-state index in [2.05, 4.69) is 10.3 Å². The molecule has 0 bridgehead atoms. The molecule has 1 amide bonds. The fourth-order valence-electron chi connectivity index (χ4n) is 3.60. The summed E-state index contributed by atoms with van der Waals surface area (Å²) < 4.78 is 10.6. The Morgan fingerprint density at radius 3 is 2.54 bits per heavy atom. The van der Waals surface area contributed by atoms with Crippen molar-refractivity contribution in [3.05, 3.63) is 89.6 Å². The Balaban J connectivity index is 1.54. The SMILES string of the molecule is O=C(Nc1cccc([C@@H]2O[C@H](CSc3ccccn3)C[C@H](c3ccc(CO)cc3)O2)c1)C(Cl)(Cl)Cl. The minimum absolute atomic E-state index is 0.0203. The lowest BCUT2D eigenvalue weighted by molar-refractivity contribution is -0.245. The van der Waals surface area contributed by atoms with E-state index in [1.807, 2.05) is 48.5 Å². The molecule has 1 aromatic heterocycles. The highest BCUT2D eigenvalue weighted by Crippen LogP contribution is 2.40. The van der Waals surface area contributed by atoms with Crippen LogP contribution in [0.15, 0.2) is 78.0 Å². The van der Waals surface area contributed by atoms with E-state index in [-0.39, 0.29) is 18.8 Å². The zero-order valence-corrected chi connectivity index (χ0v) is 21.5. The van der Waals surface area contributed by atoms with Crippen molar-refractivity contribution in [1.82, 2.24) is 4.98 Å². The first-order chi connectivity index (χ1) is 16.8. The van der Waals surface area contributed by atoms with Crippen LogP contribution < -0.4 is 5.32 Å². The number of aliphatic hydroxyl groups excluding tert-OH is 1. The van der Waals surface area contributed by atoms with Crippen LogP contribution in [0.3, 0.4) is 0 Å². The highest BCUT2D eigenvalue weighted by molar-refractivity contribution is 7.99. The molecule has 0 saturated carbocycles. The predicted molar refractivity (Wildman–Crippen MR) is 139 cm³/mol. The van der Waals surface area contributed by atoms with E-state index in [0.29, 0.717) is 17.9 Å². The summed E-state index contributed by atoms with van der Waals surface area (Å²) in [5.74, 6) is -0.0668. The van der Waals surface area contributed by atoms with E-state index in [1.165, 1.54) is 0 Å². The maximum absolute atomic E-state index is 12.1. The van der Waals surface area contributed by atoms with Crippen LogP contribution in [0.5, 0.6) is 0 Å². The maximum Gasteiger partial charge on any atom is 0.276 e. The van der Waals surface area contributed by atoms with E-state index in [0.717, 1.165) is 21.7 Å². The van der Waals surface area contributed by atoms with Crippen molar-refractivity contribution in [1.29, 1.82) is 0 Å². The summed E-state index contributed by atoms with van der Waals surface area (Å²) in [6, 6.07) is 20.5. The van der Waals surface area contributed by atoms with E-state index in [9.17, 15) is 9.90 Å². The number of nitrogens with zero attached hydrogens (tertiary/aromatic N) is 1. The number of ether oxygens (including phenoxy) is 2. The largest absolute Gasteiger partial charge is 0.392 e. The van der Waals surface area contributed by atoms with Crippen molar-refractivity contribution in [3.8, 4) is 0 Å². The fourth-order valence-corrected chi connectivity index (χ4v) is 4.62. The number of hydrogen-bond acceptors (Lipinski definition) is 6. The first-order valence-corrected chi connectivity index (χ1v) is 13.0. The zero-order valence-electron chi connectivity index (χ0n) is 18.4. The summed E-state index contributed by atoms with van der Waals surface area (Å²) in [7, 11) is 0. The quantitative estimate of drug-likeness (QED) is 0.267. The second-order valence-corrected chi connectivity index (χ2v) is 11.2. The number of benzene rings is 2. The number of carbonyl (C=O) groups excluding carboxylic acids is 1. The standard InChI is InChI=1S/C25H23Cl3N2O4S/c26-25(27,28)24(32)30-19-5-3-4-18(12-19)23-33-20(15-35-22-6-1-2-11-29-22)13-21(34-23)17-9-7-16(14-31)8-10-17/h1-12,20-21,23,31H,13-15H2,(H,30,32)/t20-,21+,23+/m0/s1. The number of carbonyl (C=O) groups is 1. The van der Waals surface area contributed by atoms with E-state index in [4.69, 9.17) is 44.3 Å². The molecule has 184 valence electrons. The molecule has 2 heterocycles. The molecule has 35 heavy (non-hydrogen) atoms. The molecule has 2 N–H and O–H groups in total. The van der Waals surface area contributed by atoms with Gasteiger partial charge in [0.25, 0.3) is 9.70 Å². The number of rotatable bonds is 7. The Morgan fingerprint density at radius 1 is 1.06 bits per heavy atom. The van der Waals surface area contributed by atoms with Gasteiger partial charge in [-0.05, 0) is 35.4 Å². The number of nitrogens with one attached hydrogen (secondary N) is 1. The lowest BCUT2D eigenvalue weighted by atomic mass is 10.0. The van der Waals surface area contributed by atoms with E-state index >= 15 is 0 Å². The predicted octanol–water partition coefficient (Wildman–Crippen LogP) is 6.22. The van der Waals surface area contributed by atoms with Gasteiger partial charge in [0.2, 0.25) is 0 Å². The van der Waals surface area contributed by atoms with Crippen molar-refractivity contribution in [2.45, 2.75) is 40.3 Å². The topological polar surface area (TPSA) is 80.7 Å². The van der Waals surface area contributed by atoms with Crippen LogP contribution in [-0.4, -0.2) is 31.6 Å². The van der Waals surface area contributed by atoms with Crippen LogP contribution in [0, 0.1) is 0 Å². The van der Waals surface area contributed by atoms with Crippen LogP contribution in [0.1, 0.15) is 35.5 Å². The molecule has 3 atom stereocenters. The Bertz CT molecular complexity index is 1130. The van der Waals surface area contributed by atoms with Crippen molar-refractivity contribution in [3.63, 3.8) is 0 Å². The van der Waals surface area contributed by atoms with Crippen molar-refractivity contribution in [2.24, 2.45) is 0 Å². The summed E-state index contributed by atoms with van der Waals surface area (Å²) >= 11 is 18.7. The summed E-state index contributed by atoms with van der Waals surface area (Å²) in [6.45, 7) is -0.0203. The average Bonchev–Trinajstić information content (AvgIpc) is 2.87. The van der Waals surface area contributed by atoms with Gasteiger partial charge in [-0.1, -0.05) is 77.3 Å². The van der Waals surface area contributed by atoms with Crippen LogP contribution in [0.4, 0.5) is 5.69 Å². The van der Waals surface area contributed by atoms with E-state index < -0.39 is 16.0 Å². The summed E-state index contributed by atoms with van der Waals surface area (Å²) in [4.78, 5) is 16.5. The number of amides is 1. The number of halogens is 3. The third-order valence-electron chi connectivity index (χ3n) is 5.34. The number of aromatic nitrogens is 1. The summed E-state index contributed by atoms with van der Waals surface area (Å²) in [5.41, 5.74) is 3.00. The van der Waals surface area contributed by atoms with Crippen LogP contribution in [0.25, 0.3) is 0 Å². The van der Waals surface area contributed by atoms with Gasteiger partial charge in [0.1, 0.15) is 0 Å². The average molecular weight is 554 g/mol. The highest BCUT2D eigenvalue weighted by atomic mass is 35.6. The number of aliphatic hydroxyl groups is 1. The normalized spacial score (nSPS) is 20.4. The van der Waals surface area contributed by atoms with Gasteiger partial charge in [-0.3, -0.25) is 4.79 Å². The molecule has 1 aliphatic rings. The first kappa shape index (κ1) is 26.2. The Labute approximate surface area is 222 Å². The van der Waals surface area contributed by atoms with Gasteiger partial charge < -0.3 is 19.9 Å². The number of thioether (sulfide) groups is 1. The summed E-state index contributed by atoms with van der Waals surface area (Å²) in [6.07, 6.45) is 1.39. The second-order valence-electron chi connectivity index (χ2n) is 7.91. The van der Waals surface area contributed by atoms with Gasteiger partial charge >= 0.3 is 0 Å². The lowest BCUT2D eigenvalue weighted by Gasteiger charge is -2.36. The third kappa shape index (κ3) is 7.33. The number of alkyl halides is 3. The summed E-state index contributed by atoms with van der Waals surface area (Å²) in [5, 5.41) is 12.9. The van der Waals surface area contributed by atoms with Gasteiger partial charge in [0.15, 0.2) is 6.29 Å². The monoisotopic (exact) mass is 552 g/mol. The second kappa shape index (κ2) is 11.9. The number of hydrogen-bond donors (Lipinski definition) is 2. The molecule has 6 nitrogen and oxygen atoms in total. The van der Waals surface area contributed by atoms with Gasteiger partial charge in [-0.2, -0.15) is 0 Å². The Hall–Kier alpha value is -1.84. The minimum Gasteiger partial charge on any atom is -0.392 e. The highest BCUT2D eigenvalue weighted by Gasteiger charge is 2.33. The molecule has 10 heteroatoms. The Kier molecular flexibility index (Phi) is 8.94. The molecule has 1 saturated heterocycles. The molecule has 0 spiro atoms. The molecular formula is C25H23Cl3N2O4S. The molecule has 0 unspecified atom stereocenters. The minimum atomic E-state index is -2.08. The lowest BCUT2D eigenvalue weighted by Crippen LogP contribution is -2.31. The fraction of sp³-hybridized carbons (Fsp3) is 0.280. The van der Waals surface area contributed by atoms with E-state index in [1.54, 1.807) is 36.2 Å². The van der Waals surface area contributed by atoms with Crippen LogP contribution in [0.2, 0.25) is 0 Å². The zero-order chi connectivity index (χ0) is 24.8. The molecule has 4 rings (SSSR count). The van der Waals surface area contributed by atoms with Gasteiger partial charge in [-0.15, -0.1) is 11.8 Å². The van der Waals surface area contributed by atoms with Crippen LogP contribution >= 0.6 is 46.6 Å². The van der Waals surface area contributed by atoms with Crippen molar-refractivity contribution >= 4 is 58.2 Å². The van der Waals surface area contributed by atoms with Crippen molar-refractivity contribution < 1.29 is 19.4 Å². The van der Waals surface area contributed by atoms with Gasteiger partial charge in [0, 0.05) is 29.6 Å². The number of pyridine rings is 1. The maximum atomic E-state index is 12.1. The number of anilines is 1. The molecule has 1 aliphatic heterocycles. The molecule has 0 aliphatic carbocycles. The first-order valence-electron chi connectivity index (χ1n) is 10.8. The van der Waals surface area contributed by atoms with Crippen molar-refractivity contribution in [2.75, 3.05) is 11.1 Å². The molecule has 1 fully saturated rings. The van der Waals surface area contributed by atoms with Gasteiger partial charge in [-0.25, -0.2) is 4.98 Å². The van der Waals surface area contributed by atoms with Crippen LogP contribution in [-0.2, 0) is 20.9 Å². The van der Waals surface area contributed by atoms with Gasteiger partial charge in [0.05, 0.1) is 23.8 Å². The smallest absolute Gasteiger partial charge is 0.276 e.